The van der Waals surface area contributed by atoms with Crippen molar-refractivity contribution in [3.63, 3.8) is 0 Å². The molecule has 1 atom stereocenters. The molecule has 1 unspecified atom stereocenters. The number of amides is 2. The van der Waals surface area contributed by atoms with Crippen LogP contribution in [0.1, 0.15) is 17.5 Å². The van der Waals surface area contributed by atoms with Crippen molar-refractivity contribution in [2.75, 3.05) is 20.3 Å². The molecule has 0 aliphatic heterocycles. The van der Waals surface area contributed by atoms with Gasteiger partial charge in [-0.2, -0.15) is 0 Å². The molecule has 2 amide bonds. The second kappa shape index (κ2) is 12.2. The second-order valence-corrected chi connectivity index (χ2v) is 9.46. The standard InChI is InChI=1S/C31H32N4O4/c1-38-29-9-5-2-6-21(29)10-13-30(36)34-19-24(16-23-18-33-28-8-4-3-7-26(23)28)35-31(37)20-39-25-11-12-27-22(17-25)14-15-32-27/h2-9,11-12,14-15,17-18,24,32-33H,10,13,16,19-20H2,1H3,(H,34,36)(H,35,37). The number of H-pyrrole nitrogens is 2. The van der Waals surface area contributed by atoms with Gasteiger partial charge in [0.1, 0.15) is 11.5 Å². The van der Waals surface area contributed by atoms with Gasteiger partial charge in [0, 0.05) is 47.2 Å². The van der Waals surface area contributed by atoms with Crippen molar-refractivity contribution in [3.8, 4) is 11.5 Å². The van der Waals surface area contributed by atoms with E-state index in [1.165, 1.54) is 0 Å². The van der Waals surface area contributed by atoms with E-state index >= 15 is 0 Å². The number of aromatic nitrogens is 2. The van der Waals surface area contributed by atoms with Crippen LogP contribution >= 0.6 is 0 Å². The van der Waals surface area contributed by atoms with E-state index in [1.807, 2.05) is 85.2 Å². The fraction of sp³-hybridized carbons (Fsp3) is 0.226. The Morgan fingerprint density at radius 3 is 2.64 bits per heavy atom. The van der Waals surface area contributed by atoms with Crippen LogP contribution < -0.4 is 20.1 Å². The molecule has 8 nitrogen and oxygen atoms in total. The number of nitrogens with one attached hydrogen (secondary N) is 4. The molecule has 3 aromatic carbocycles. The first kappa shape index (κ1) is 25.9. The van der Waals surface area contributed by atoms with Gasteiger partial charge in [-0.3, -0.25) is 9.59 Å². The van der Waals surface area contributed by atoms with Crippen molar-refractivity contribution in [2.24, 2.45) is 0 Å². The maximum atomic E-state index is 12.9. The number of aryl methyl sites for hydroxylation is 1. The Labute approximate surface area is 226 Å². The van der Waals surface area contributed by atoms with Crippen molar-refractivity contribution < 1.29 is 19.1 Å². The highest BCUT2D eigenvalue weighted by Gasteiger charge is 2.17. The molecule has 8 heteroatoms. The SMILES string of the molecule is COc1ccccc1CCC(=O)NCC(Cc1c[nH]c2ccccc12)NC(=O)COc1ccc2[nH]ccc2c1. The fourth-order valence-corrected chi connectivity index (χ4v) is 4.76. The molecule has 0 aliphatic rings. The summed E-state index contributed by atoms with van der Waals surface area (Å²) >= 11 is 0. The quantitative estimate of drug-likeness (QED) is 0.193. The molecule has 5 rings (SSSR count). The minimum absolute atomic E-state index is 0.0878. The highest BCUT2D eigenvalue weighted by molar-refractivity contribution is 5.84. The number of benzene rings is 3. The average Bonchev–Trinajstić information content (AvgIpc) is 3.60. The predicted octanol–water partition coefficient (Wildman–Crippen LogP) is 4.51. The molecule has 4 N–H and O–H groups in total. The van der Waals surface area contributed by atoms with Crippen molar-refractivity contribution >= 4 is 33.6 Å². The molecular formula is C31H32N4O4. The van der Waals surface area contributed by atoms with Crippen LogP contribution in [0.25, 0.3) is 21.8 Å². The molecule has 0 spiro atoms. The highest BCUT2D eigenvalue weighted by Crippen LogP contribution is 2.21. The first-order valence-electron chi connectivity index (χ1n) is 13.0. The van der Waals surface area contributed by atoms with Gasteiger partial charge in [-0.25, -0.2) is 0 Å². The van der Waals surface area contributed by atoms with Gasteiger partial charge < -0.3 is 30.1 Å². The van der Waals surface area contributed by atoms with Gasteiger partial charge in [0.15, 0.2) is 6.61 Å². The second-order valence-electron chi connectivity index (χ2n) is 9.46. The van der Waals surface area contributed by atoms with Crippen LogP contribution in [-0.2, 0) is 22.4 Å². The lowest BCUT2D eigenvalue weighted by molar-refractivity contribution is -0.125. The van der Waals surface area contributed by atoms with Crippen molar-refractivity contribution in [1.29, 1.82) is 0 Å². The highest BCUT2D eigenvalue weighted by atomic mass is 16.5. The minimum Gasteiger partial charge on any atom is -0.496 e. The first-order valence-corrected chi connectivity index (χ1v) is 13.0. The molecule has 0 bridgehead atoms. The van der Waals surface area contributed by atoms with Crippen LogP contribution in [0.15, 0.2) is 85.2 Å². The van der Waals surface area contributed by atoms with E-state index in [0.717, 1.165) is 38.7 Å². The van der Waals surface area contributed by atoms with Crippen LogP contribution in [0.4, 0.5) is 0 Å². The topological polar surface area (TPSA) is 108 Å². The smallest absolute Gasteiger partial charge is 0.258 e. The Hall–Kier alpha value is -4.72. The summed E-state index contributed by atoms with van der Waals surface area (Å²) in [6, 6.07) is 23.0. The zero-order valence-electron chi connectivity index (χ0n) is 21.8. The van der Waals surface area contributed by atoms with E-state index in [2.05, 4.69) is 20.6 Å². The Morgan fingerprint density at radius 2 is 1.74 bits per heavy atom. The van der Waals surface area contributed by atoms with E-state index in [1.54, 1.807) is 7.11 Å². The summed E-state index contributed by atoms with van der Waals surface area (Å²) in [6.07, 6.45) is 5.25. The molecule has 0 fully saturated rings. The molecule has 0 saturated heterocycles. The number of carbonyl (C=O) groups excluding carboxylic acids is 2. The lowest BCUT2D eigenvalue weighted by atomic mass is 10.0. The molecule has 0 radical (unpaired) electrons. The Bertz CT molecular complexity index is 1570. The molecule has 200 valence electrons. The van der Waals surface area contributed by atoms with Gasteiger partial charge in [0.25, 0.3) is 5.91 Å². The van der Waals surface area contributed by atoms with Gasteiger partial charge >= 0.3 is 0 Å². The number of methoxy groups -OCH3 is 1. The van der Waals surface area contributed by atoms with Crippen LogP contribution in [0.2, 0.25) is 0 Å². The molecule has 39 heavy (non-hydrogen) atoms. The first-order chi connectivity index (χ1) is 19.1. The third-order valence-electron chi connectivity index (χ3n) is 6.76. The van der Waals surface area contributed by atoms with Crippen LogP contribution in [0, 0.1) is 0 Å². The number of fused-ring (bicyclic) bond motifs is 2. The zero-order valence-corrected chi connectivity index (χ0v) is 21.8. The summed E-state index contributed by atoms with van der Waals surface area (Å²) < 4.78 is 11.1. The maximum absolute atomic E-state index is 12.9. The summed E-state index contributed by atoms with van der Waals surface area (Å²) in [6.45, 7) is 0.174. The van der Waals surface area contributed by atoms with Crippen LogP contribution in [0.3, 0.4) is 0 Å². The number of aromatic amines is 2. The van der Waals surface area contributed by atoms with Gasteiger partial charge in [0.05, 0.1) is 13.2 Å². The van der Waals surface area contributed by atoms with Gasteiger partial charge in [-0.15, -0.1) is 0 Å². The van der Waals surface area contributed by atoms with E-state index in [0.29, 0.717) is 31.6 Å². The molecule has 2 aromatic heterocycles. The lowest BCUT2D eigenvalue weighted by Crippen LogP contribution is -2.46. The number of rotatable bonds is 12. The molecule has 0 aliphatic carbocycles. The van der Waals surface area contributed by atoms with E-state index < -0.39 is 0 Å². The normalized spacial score (nSPS) is 11.8. The van der Waals surface area contributed by atoms with Gasteiger partial charge in [-0.05, 0) is 60.4 Å². The summed E-state index contributed by atoms with van der Waals surface area (Å²) in [5.41, 5.74) is 4.08. The average molecular weight is 525 g/mol. The minimum atomic E-state index is -0.317. The monoisotopic (exact) mass is 524 g/mol. The number of carbonyl (C=O) groups is 2. The number of hydrogen-bond acceptors (Lipinski definition) is 4. The van der Waals surface area contributed by atoms with E-state index in [-0.39, 0.29) is 24.5 Å². The third-order valence-corrected chi connectivity index (χ3v) is 6.76. The fourth-order valence-electron chi connectivity index (χ4n) is 4.76. The van der Waals surface area contributed by atoms with Crippen molar-refractivity contribution in [1.82, 2.24) is 20.6 Å². The molecular weight excluding hydrogens is 492 g/mol. The van der Waals surface area contributed by atoms with Crippen LogP contribution in [-0.4, -0.2) is 48.1 Å². The summed E-state index contributed by atoms with van der Waals surface area (Å²) in [7, 11) is 1.62. The van der Waals surface area contributed by atoms with Gasteiger partial charge in [0.2, 0.25) is 5.91 Å². The summed E-state index contributed by atoms with van der Waals surface area (Å²) in [5.74, 6) is 1.05. The zero-order chi connectivity index (χ0) is 27.0. The van der Waals surface area contributed by atoms with Crippen molar-refractivity contribution in [3.05, 3.63) is 96.3 Å². The van der Waals surface area contributed by atoms with Crippen LogP contribution in [0.5, 0.6) is 11.5 Å². The van der Waals surface area contributed by atoms with E-state index in [9.17, 15) is 9.59 Å². The predicted molar refractivity (Wildman–Crippen MR) is 152 cm³/mol. The summed E-state index contributed by atoms with van der Waals surface area (Å²) in [5, 5.41) is 8.16. The molecule has 5 aromatic rings. The molecule has 2 heterocycles. The third kappa shape index (κ3) is 6.59. The number of hydrogen-bond donors (Lipinski definition) is 4. The Kier molecular flexibility index (Phi) is 8.12. The van der Waals surface area contributed by atoms with Gasteiger partial charge in [-0.1, -0.05) is 36.4 Å². The summed E-state index contributed by atoms with van der Waals surface area (Å²) in [4.78, 5) is 32.0. The largest absolute Gasteiger partial charge is 0.496 e. The Morgan fingerprint density at radius 1 is 0.897 bits per heavy atom. The van der Waals surface area contributed by atoms with Crippen molar-refractivity contribution in [2.45, 2.75) is 25.3 Å². The number of para-hydroxylation sites is 2. The Balaban J connectivity index is 1.20. The maximum Gasteiger partial charge on any atom is 0.258 e. The lowest BCUT2D eigenvalue weighted by Gasteiger charge is -2.20. The molecule has 0 saturated carbocycles. The number of ether oxygens (including phenoxy) is 2. The van der Waals surface area contributed by atoms with E-state index in [4.69, 9.17) is 9.47 Å².